The molecule has 5 nitrogen and oxygen atoms in total. The Balaban J connectivity index is 2.05. The van der Waals surface area contributed by atoms with Crippen molar-refractivity contribution in [2.45, 2.75) is 45.6 Å². The summed E-state index contributed by atoms with van der Waals surface area (Å²) < 4.78 is 0. The molecule has 0 atom stereocenters. The predicted octanol–water partition coefficient (Wildman–Crippen LogP) is 2.41. The van der Waals surface area contributed by atoms with Gasteiger partial charge in [0, 0.05) is 13.1 Å². The monoisotopic (exact) mass is 276 g/mol. The summed E-state index contributed by atoms with van der Waals surface area (Å²) in [5.41, 5.74) is 3.31. The Bertz CT molecular complexity index is 477. The van der Waals surface area contributed by atoms with Crippen LogP contribution < -0.4 is 11.3 Å². The van der Waals surface area contributed by atoms with Crippen LogP contribution >= 0.6 is 0 Å². The fourth-order valence-electron chi connectivity index (χ4n) is 2.75. The molecule has 0 unspecified atom stereocenters. The number of aromatic nitrogens is 1. The molecule has 1 aliphatic carbocycles. The molecule has 5 heteroatoms. The molecule has 3 N–H and O–H groups in total. The third-order valence-electron chi connectivity index (χ3n) is 4.29. The number of nitrogens with zero attached hydrogens (tertiary/aromatic N) is 2. The Labute approximate surface area is 120 Å². The van der Waals surface area contributed by atoms with Gasteiger partial charge in [-0.1, -0.05) is 19.9 Å². The lowest BCUT2D eigenvalue weighted by molar-refractivity contribution is 0.0630. The van der Waals surface area contributed by atoms with Crippen LogP contribution in [-0.4, -0.2) is 28.9 Å². The summed E-state index contributed by atoms with van der Waals surface area (Å²) in [7, 11) is 1.87. The topological polar surface area (TPSA) is 71.2 Å². The fourth-order valence-corrected chi connectivity index (χ4v) is 2.75. The van der Waals surface area contributed by atoms with Crippen LogP contribution in [0.4, 0.5) is 5.82 Å². The quantitative estimate of drug-likeness (QED) is 0.657. The van der Waals surface area contributed by atoms with E-state index in [2.05, 4.69) is 24.3 Å². The molecule has 1 aromatic rings. The molecular formula is C15H24N4O. The molecule has 2 rings (SSSR count). The average Bonchev–Trinajstić information content (AvgIpc) is 2.46. The maximum atomic E-state index is 12.5. The van der Waals surface area contributed by atoms with Crippen LogP contribution in [0.15, 0.2) is 18.2 Å². The average molecular weight is 276 g/mol. The van der Waals surface area contributed by atoms with E-state index in [1.54, 1.807) is 18.2 Å². The fraction of sp³-hybridized carbons (Fsp3) is 0.600. The minimum Gasteiger partial charge on any atom is -0.337 e. The summed E-state index contributed by atoms with van der Waals surface area (Å²) in [4.78, 5) is 18.5. The molecule has 1 aliphatic rings. The zero-order chi connectivity index (χ0) is 14.8. The van der Waals surface area contributed by atoms with Crippen molar-refractivity contribution in [1.82, 2.24) is 9.88 Å². The van der Waals surface area contributed by atoms with Gasteiger partial charge >= 0.3 is 0 Å². The lowest BCUT2D eigenvalue weighted by atomic mass is 9.75. The van der Waals surface area contributed by atoms with Crippen LogP contribution in [0.3, 0.4) is 0 Å². The van der Waals surface area contributed by atoms with Gasteiger partial charge in [0.25, 0.3) is 5.91 Å². The van der Waals surface area contributed by atoms with Gasteiger partial charge in [-0.3, -0.25) is 4.79 Å². The standard InChI is InChI=1S/C15H24N4O/c1-15(2)9-7-11(8-10-15)19(3)14(20)12-5-4-6-13(17-12)18-16/h4-6,11H,7-10,16H2,1-3H3,(H,17,18). The van der Waals surface area contributed by atoms with Crippen molar-refractivity contribution in [3.63, 3.8) is 0 Å². The largest absolute Gasteiger partial charge is 0.337 e. The molecule has 110 valence electrons. The van der Waals surface area contributed by atoms with Crippen LogP contribution in [0.2, 0.25) is 0 Å². The SMILES string of the molecule is CN(C(=O)c1cccc(NN)n1)C1CCC(C)(C)CC1. The lowest BCUT2D eigenvalue weighted by Crippen LogP contribution is -2.41. The summed E-state index contributed by atoms with van der Waals surface area (Å²) in [6.45, 7) is 4.59. The van der Waals surface area contributed by atoms with E-state index in [1.807, 2.05) is 11.9 Å². The predicted molar refractivity (Wildman–Crippen MR) is 80.2 cm³/mol. The number of carbonyl (C=O) groups excluding carboxylic acids is 1. The molecule has 1 fully saturated rings. The first-order valence-electron chi connectivity index (χ1n) is 7.14. The van der Waals surface area contributed by atoms with Crippen molar-refractivity contribution in [3.8, 4) is 0 Å². The first-order chi connectivity index (χ1) is 9.43. The van der Waals surface area contributed by atoms with Gasteiger partial charge in [-0.25, -0.2) is 10.8 Å². The highest BCUT2D eigenvalue weighted by Gasteiger charge is 2.31. The van der Waals surface area contributed by atoms with Crippen LogP contribution in [-0.2, 0) is 0 Å². The van der Waals surface area contributed by atoms with Crippen LogP contribution in [0.5, 0.6) is 0 Å². The van der Waals surface area contributed by atoms with Gasteiger partial charge in [-0.15, -0.1) is 0 Å². The lowest BCUT2D eigenvalue weighted by Gasteiger charge is -2.38. The second kappa shape index (κ2) is 5.79. The zero-order valence-corrected chi connectivity index (χ0v) is 12.5. The van der Waals surface area contributed by atoms with Gasteiger partial charge in [0.05, 0.1) is 0 Å². The molecule has 0 bridgehead atoms. The summed E-state index contributed by atoms with van der Waals surface area (Å²) >= 11 is 0. The van der Waals surface area contributed by atoms with Gasteiger partial charge < -0.3 is 10.3 Å². The Morgan fingerprint density at radius 2 is 2.05 bits per heavy atom. The zero-order valence-electron chi connectivity index (χ0n) is 12.5. The number of anilines is 1. The highest BCUT2D eigenvalue weighted by molar-refractivity contribution is 5.92. The Morgan fingerprint density at radius 1 is 1.40 bits per heavy atom. The maximum absolute atomic E-state index is 12.5. The molecule has 1 amide bonds. The number of hydrogen-bond acceptors (Lipinski definition) is 4. The van der Waals surface area contributed by atoms with Crippen molar-refractivity contribution >= 4 is 11.7 Å². The number of pyridine rings is 1. The third-order valence-corrected chi connectivity index (χ3v) is 4.29. The summed E-state index contributed by atoms with van der Waals surface area (Å²) in [5, 5.41) is 0. The van der Waals surface area contributed by atoms with E-state index in [0.717, 1.165) is 25.7 Å². The van der Waals surface area contributed by atoms with E-state index in [0.29, 0.717) is 23.0 Å². The highest BCUT2D eigenvalue weighted by Crippen LogP contribution is 2.36. The smallest absolute Gasteiger partial charge is 0.272 e. The van der Waals surface area contributed by atoms with Gasteiger partial charge in [0.15, 0.2) is 0 Å². The summed E-state index contributed by atoms with van der Waals surface area (Å²) in [6.07, 6.45) is 4.44. The number of hydrogen-bond donors (Lipinski definition) is 2. The van der Waals surface area contributed by atoms with E-state index in [4.69, 9.17) is 5.84 Å². The molecular weight excluding hydrogens is 252 g/mol. The third kappa shape index (κ3) is 3.28. The van der Waals surface area contributed by atoms with E-state index < -0.39 is 0 Å². The first-order valence-corrected chi connectivity index (χ1v) is 7.14. The molecule has 0 aromatic carbocycles. The molecule has 0 spiro atoms. The number of amides is 1. The van der Waals surface area contributed by atoms with E-state index >= 15 is 0 Å². The number of nitrogens with two attached hydrogens (primary N) is 1. The van der Waals surface area contributed by atoms with E-state index in [9.17, 15) is 4.79 Å². The Morgan fingerprint density at radius 3 is 2.65 bits per heavy atom. The summed E-state index contributed by atoms with van der Waals surface area (Å²) in [6, 6.07) is 5.56. The Kier molecular flexibility index (Phi) is 4.28. The number of rotatable bonds is 3. The highest BCUT2D eigenvalue weighted by atomic mass is 16.2. The molecule has 1 aromatic heterocycles. The first kappa shape index (κ1) is 14.8. The molecule has 20 heavy (non-hydrogen) atoms. The van der Waals surface area contributed by atoms with Crippen LogP contribution in [0.1, 0.15) is 50.0 Å². The van der Waals surface area contributed by atoms with Crippen molar-refractivity contribution in [2.75, 3.05) is 12.5 Å². The maximum Gasteiger partial charge on any atom is 0.272 e. The van der Waals surface area contributed by atoms with Crippen molar-refractivity contribution in [2.24, 2.45) is 11.3 Å². The second-order valence-corrected chi connectivity index (χ2v) is 6.36. The van der Waals surface area contributed by atoms with Crippen molar-refractivity contribution in [3.05, 3.63) is 23.9 Å². The van der Waals surface area contributed by atoms with E-state index in [-0.39, 0.29) is 5.91 Å². The second-order valence-electron chi connectivity index (χ2n) is 6.36. The number of nitrogens with one attached hydrogen (secondary N) is 1. The number of nitrogen functional groups attached to an aromatic ring is 1. The minimum absolute atomic E-state index is 0.0354. The normalized spacial score (nSPS) is 18.6. The van der Waals surface area contributed by atoms with Gasteiger partial charge in [0.1, 0.15) is 11.5 Å². The summed E-state index contributed by atoms with van der Waals surface area (Å²) in [5.74, 6) is 5.80. The molecule has 1 heterocycles. The van der Waals surface area contributed by atoms with E-state index in [1.165, 1.54) is 0 Å². The molecule has 1 saturated carbocycles. The number of carbonyl (C=O) groups is 1. The molecule has 0 saturated heterocycles. The van der Waals surface area contributed by atoms with Crippen molar-refractivity contribution < 1.29 is 4.79 Å². The van der Waals surface area contributed by atoms with Gasteiger partial charge in [-0.05, 0) is 43.2 Å². The van der Waals surface area contributed by atoms with Crippen LogP contribution in [0, 0.1) is 5.41 Å². The Hall–Kier alpha value is -1.62. The molecule has 0 radical (unpaired) electrons. The van der Waals surface area contributed by atoms with Gasteiger partial charge in [0.2, 0.25) is 0 Å². The number of hydrazine groups is 1. The van der Waals surface area contributed by atoms with Crippen LogP contribution in [0.25, 0.3) is 0 Å². The molecule has 0 aliphatic heterocycles. The van der Waals surface area contributed by atoms with Gasteiger partial charge in [-0.2, -0.15) is 0 Å². The minimum atomic E-state index is -0.0354. The van der Waals surface area contributed by atoms with Crippen molar-refractivity contribution in [1.29, 1.82) is 0 Å².